The van der Waals surface area contributed by atoms with Gasteiger partial charge in [0.15, 0.2) is 0 Å². The van der Waals surface area contributed by atoms with E-state index < -0.39 is 29.7 Å². The van der Waals surface area contributed by atoms with Gasteiger partial charge in [-0.2, -0.15) is 0 Å². The number of alkyl carbamates (subject to hydrolysis) is 1. The zero-order chi connectivity index (χ0) is 20.9. The standard InChI is InChI=1S/C21H27N3O4/c1-13(22-18(25)14(2)23-20(27)28-21(3,4)5)19(26)24-17-11-10-15-8-6-7-9-16(15)12-17/h6-14H,1-5H3,(H,22,25)(H,23,27)(H,24,26)/t13-,14+/m1/s1. The Morgan fingerprint density at radius 1 is 0.857 bits per heavy atom. The van der Waals surface area contributed by atoms with Crippen LogP contribution >= 0.6 is 0 Å². The van der Waals surface area contributed by atoms with Gasteiger partial charge in [0.05, 0.1) is 0 Å². The summed E-state index contributed by atoms with van der Waals surface area (Å²) in [7, 11) is 0. The molecule has 28 heavy (non-hydrogen) atoms. The molecule has 0 saturated heterocycles. The lowest BCUT2D eigenvalue weighted by Crippen LogP contribution is -2.51. The summed E-state index contributed by atoms with van der Waals surface area (Å²) < 4.78 is 5.12. The molecular weight excluding hydrogens is 358 g/mol. The van der Waals surface area contributed by atoms with E-state index >= 15 is 0 Å². The molecule has 0 saturated carbocycles. The second-order valence-corrected chi connectivity index (χ2v) is 7.65. The molecule has 7 heteroatoms. The smallest absolute Gasteiger partial charge is 0.408 e. The number of fused-ring (bicyclic) bond motifs is 1. The van der Waals surface area contributed by atoms with Crippen LogP contribution in [0.3, 0.4) is 0 Å². The fourth-order valence-corrected chi connectivity index (χ4v) is 2.47. The van der Waals surface area contributed by atoms with Crippen molar-refractivity contribution in [3.05, 3.63) is 42.5 Å². The van der Waals surface area contributed by atoms with E-state index in [2.05, 4.69) is 16.0 Å². The monoisotopic (exact) mass is 385 g/mol. The minimum Gasteiger partial charge on any atom is -0.444 e. The van der Waals surface area contributed by atoms with Gasteiger partial charge in [0.25, 0.3) is 0 Å². The number of amides is 3. The Kier molecular flexibility index (Phi) is 6.62. The van der Waals surface area contributed by atoms with Crippen molar-refractivity contribution in [2.75, 3.05) is 5.32 Å². The van der Waals surface area contributed by atoms with Crippen LogP contribution in [0.15, 0.2) is 42.5 Å². The predicted molar refractivity (Wildman–Crippen MR) is 109 cm³/mol. The molecule has 0 aromatic heterocycles. The van der Waals surface area contributed by atoms with Crippen LogP contribution in [0.2, 0.25) is 0 Å². The van der Waals surface area contributed by atoms with Gasteiger partial charge in [-0.05, 0) is 57.5 Å². The Morgan fingerprint density at radius 3 is 2.11 bits per heavy atom. The molecule has 3 amide bonds. The molecule has 3 N–H and O–H groups in total. The van der Waals surface area contributed by atoms with Gasteiger partial charge in [-0.25, -0.2) is 4.79 Å². The fraction of sp³-hybridized carbons (Fsp3) is 0.381. The fourth-order valence-electron chi connectivity index (χ4n) is 2.47. The Labute approximate surface area is 164 Å². The normalized spacial score (nSPS) is 13.3. The summed E-state index contributed by atoms with van der Waals surface area (Å²) in [6, 6.07) is 11.8. The lowest BCUT2D eigenvalue weighted by Gasteiger charge is -2.22. The number of nitrogens with one attached hydrogen (secondary N) is 3. The topological polar surface area (TPSA) is 96.5 Å². The number of hydrogen-bond donors (Lipinski definition) is 3. The number of carbonyl (C=O) groups is 3. The number of benzene rings is 2. The van der Waals surface area contributed by atoms with Crippen molar-refractivity contribution in [3.63, 3.8) is 0 Å². The van der Waals surface area contributed by atoms with Gasteiger partial charge in [-0.1, -0.05) is 30.3 Å². The third kappa shape index (κ3) is 6.26. The van der Waals surface area contributed by atoms with Gasteiger partial charge in [0.1, 0.15) is 17.7 Å². The molecule has 0 spiro atoms. The summed E-state index contributed by atoms with van der Waals surface area (Å²) in [5.74, 6) is -0.833. The van der Waals surface area contributed by atoms with Crippen LogP contribution in [0.4, 0.5) is 10.5 Å². The highest BCUT2D eigenvalue weighted by atomic mass is 16.6. The van der Waals surface area contributed by atoms with Gasteiger partial charge >= 0.3 is 6.09 Å². The van der Waals surface area contributed by atoms with Crippen LogP contribution in [-0.4, -0.2) is 35.6 Å². The molecule has 150 valence electrons. The van der Waals surface area contributed by atoms with Crippen molar-refractivity contribution in [3.8, 4) is 0 Å². The summed E-state index contributed by atoms with van der Waals surface area (Å²) in [4.78, 5) is 36.4. The second-order valence-electron chi connectivity index (χ2n) is 7.65. The molecule has 0 bridgehead atoms. The summed E-state index contributed by atoms with van der Waals surface area (Å²) in [6.45, 7) is 8.30. The van der Waals surface area contributed by atoms with Gasteiger partial charge in [0, 0.05) is 5.69 Å². The Hall–Kier alpha value is -3.09. The zero-order valence-corrected chi connectivity index (χ0v) is 16.8. The van der Waals surface area contributed by atoms with Crippen LogP contribution < -0.4 is 16.0 Å². The third-order valence-corrected chi connectivity index (χ3v) is 3.90. The van der Waals surface area contributed by atoms with Gasteiger partial charge in [-0.3, -0.25) is 9.59 Å². The van der Waals surface area contributed by atoms with Crippen LogP contribution in [0.1, 0.15) is 34.6 Å². The number of anilines is 1. The number of hydrogen-bond acceptors (Lipinski definition) is 4. The lowest BCUT2D eigenvalue weighted by molar-refractivity contribution is -0.127. The molecule has 0 unspecified atom stereocenters. The maximum Gasteiger partial charge on any atom is 0.408 e. The van der Waals surface area contributed by atoms with E-state index in [0.29, 0.717) is 5.69 Å². The van der Waals surface area contributed by atoms with E-state index in [4.69, 9.17) is 4.74 Å². The number of carbonyl (C=O) groups excluding carboxylic acids is 3. The van der Waals surface area contributed by atoms with Crippen molar-refractivity contribution in [2.24, 2.45) is 0 Å². The molecule has 0 radical (unpaired) electrons. The van der Waals surface area contributed by atoms with Gasteiger partial charge in [-0.15, -0.1) is 0 Å². The van der Waals surface area contributed by atoms with Gasteiger partial charge < -0.3 is 20.7 Å². The first-order valence-corrected chi connectivity index (χ1v) is 9.15. The average molecular weight is 385 g/mol. The molecular formula is C21H27N3O4. The van der Waals surface area contributed by atoms with E-state index in [-0.39, 0.29) is 5.91 Å². The minimum atomic E-state index is -0.842. The van der Waals surface area contributed by atoms with E-state index in [0.717, 1.165) is 10.8 Å². The SMILES string of the molecule is C[C@H](NC(=O)OC(C)(C)C)C(=O)N[C@H](C)C(=O)Nc1ccc2ccccc2c1. The molecule has 0 heterocycles. The minimum absolute atomic E-state index is 0.354. The Bertz CT molecular complexity index is 873. The van der Waals surface area contributed by atoms with Crippen LogP contribution in [0, 0.1) is 0 Å². The summed E-state index contributed by atoms with van der Waals surface area (Å²) >= 11 is 0. The average Bonchev–Trinajstić information content (AvgIpc) is 2.59. The largest absolute Gasteiger partial charge is 0.444 e. The quantitative estimate of drug-likeness (QED) is 0.736. The second kappa shape index (κ2) is 8.73. The third-order valence-electron chi connectivity index (χ3n) is 3.90. The maximum atomic E-state index is 12.4. The van der Waals surface area contributed by atoms with E-state index in [1.54, 1.807) is 27.7 Å². The van der Waals surface area contributed by atoms with E-state index in [1.807, 2.05) is 42.5 Å². The zero-order valence-electron chi connectivity index (χ0n) is 16.8. The summed E-state index contributed by atoms with van der Waals surface area (Å²) in [5.41, 5.74) is -0.0161. The number of rotatable bonds is 5. The molecule has 2 aromatic rings. The lowest BCUT2D eigenvalue weighted by atomic mass is 10.1. The van der Waals surface area contributed by atoms with Crippen molar-refractivity contribution >= 4 is 34.4 Å². The van der Waals surface area contributed by atoms with Crippen molar-refractivity contribution in [1.82, 2.24) is 10.6 Å². The van der Waals surface area contributed by atoms with E-state index in [9.17, 15) is 14.4 Å². The maximum absolute atomic E-state index is 12.4. The molecule has 2 aromatic carbocycles. The van der Waals surface area contributed by atoms with Crippen LogP contribution in [0.25, 0.3) is 10.8 Å². The summed E-state index contributed by atoms with van der Waals surface area (Å²) in [5, 5.41) is 9.89. The molecule has 0 aliphatic rings. The Morgan fingerprint density at radius 2 is 1.46 bits per heavy atom. The number of ether oxygens (including phenoxy) is 1. The highest BCUT2D eigenvalue weighted by molar-refractivity contribution is 5.99. The first kappa shape index (κ1) is 21.2. The van der Waals surface area contributed by atoms with Crippen molar-refractivity contribution in [1.29, 1.82) is 0 Å². The highest BCUT2D eigenvalue weighted by Crippen LogP contribution is 2.18. The van der Waals surface area contributed by atoms with Crippen molar-refractivity contribution in [2.45, 2.75) is 52.3 Å². The molecule has 0 aliphatic carbocycles. The van der Waals surface area contributed by atoms with Crippen LogP contribution in [0.5, 0.6) is 0 Å². The summed E-state index contributed by atoms with van der Waals surface area (Å²) in [6.07, 6.45) is -0.691. The van der Waals surface area contributed by atoms with E-state index in [1.165, 1.54) is 6.92 Å². The highest BCUT2D eigenvalue weighted by Gasteiger charge is 2.23. The Balaban J connectivity index is 1.89. The molecule has 7 nitrogen and oxygen atoms in total. The predicted octanol–water partition coefficient (Wildman–Crippen LogP) is 3.20. The van der Waals surface area contributed by atoms with Gasteiger partial charge in [0.2, 0.25) is 11.8 Å². The van der Waals surface area contributed by atoms with Crippen molar-refractivity contribution < 1.29 is 19.1 Å². The molecule has 2 atom stereocenters. The van der Waals surface area contributed by atoms with Crippen LogP contribution in [-0.2, 0) is 14.3 Å². The molecule has 2 rings (SSSR count). The molecule has 0 aliphatic heterocycles. The first-order chi connectivity index (χ1) is 13.0. The first-order valence-electron chi connectivity index (χ1n) is 9.15. The molecule has 0 fully saturated rings.